The largest absolute Gasteiger partial charge is 0.376 e. The lowest BCUT2D eigenvalue weighted by Gasteiger charge is -2.12. The zero-order valence-electron chi connectivity index (χ0n) is 12.0. The van der Waals surface area contributed by atoms with Gasteiger partial charge in [-0.3, -0.25) is 9.59 Å². The second-order valence-corrected chi connectivity index (χ2v) is 5.19. The molecule has 2 rings (SSSR count). The van der Waals surface area contributed by atoms with Crippen LogP contribution in [0.2, 0.25) is 5.02 Å². The summed E-state index contributed by atoms with van der Waals surface area (Å²) in [7, 11) is 0. The SMILES string of the molecule is Cc1c(NCC(=O)Nc2cccc(Cl)c2)cccc1C(N)=O. The Morgan fingerprint density at radius 1 is 1.18 bits per heavy atom. The Labute approximate surface area is 133 Å². The highest BCUT2D eigenvalue weighted by Gasteiger charge is 2.09. The maximum atomic E-state index is 11.9. The third kappa shape index (κ3) is 3.99. The Morgan fingerprint density at radius 2 is 1.91 bits per heavy atom. The van der Waals surface area contributed by atoms with E-state index in [9.17, 15) is 9.59 Å². The van der Waals surface area contributed by atoms with E-state index in [2.05, 4.69) is 10.6 Å². The van der Waals surface area contributed by atoms with Crippen LogP contribution in [0.4, 0.5) is 11.4 Å². The number of nitrogens with two attached hydrogens (primary N) is 1. The molecule has 0 heterocycles. The van der Waals surface area contributed by atoms with Gasteiger partial charge < -0.3 is 16.4 Å². The smallest absolute Gasteiger partial charge is 0.249 e. The average molecular weight is 318 g/mol. The molecule has 4 N–H and O–H groups in total. The molecule has 0 aromatic heterocycles. The predicted molar refractivity (Wildman–Crippen MR) is 88.3 cm³/mol. The molecule has 2 aromatic rings. The highest BCUT2D eigenvalue weighted by atomic mass is 35.5. The minimum atomic E-state index is -0.496. The molecule has 114 valence electrons. The molecule has 0 bridgehead atoms. The van der Waals surface area contributed by atoms with Crippen molar-refractivity contribution >= 4 is 34.8 Å². The molecular weight excluding hydrogens is 302 g/mol. The summed E-state index contributed by atoms with van der Waals surface area (Å²) >= 11 is 5.86. The second-order valence-electron chi connectivity index (χ2n) is 4.75. The van der Waals surface area contributed by atoms with Crippen molar-refractivity contribution in [3.63, 3.8) is 0 Å². The number of amides is 2. The van der Waals surface area contributed by atoms with Gasteiger partial charge in [0.15, 0.2) is 0 Å². The molecular formula is C16H16ClN3O2. The Balaban J connectivity index is 2.00. The van der Waals surface area contributed by atoms with Gasteiger partial charge in [-0.25, -0.2) is 0 Å². The summed E-state index contributed by atoms with van der Waals surface area (Å²) in [4.78, 5) is 23.2. The fraction of sp³-hybridized carbons (Fsp3) is 0.125. The van der Waals surface area contributed by atoms with Crippen molar-refractivity contribution in [3.05, 3.63) is 58.6 Å². The molecule has 6 heteroatoms. The Bertz CT molecular complexity index is 716. The molecule has 2 amide bonds. The summed E-state index contributed by atoms with van der Waals surface area (Å²) in [6.07, 6.45) is 0. The monoisotopic (exact) mass is 317 g/mol. The van der Waals surface area contributed by atoms with E-state index in [1.165, 1.54) is 0 Å². The van der Waals surface area contributed by atoms with Gasteiger partial charge in [0.05, 0.1) is 6.54 Å². The lowest BCUT2D eigenvalue weighted by Crippen LogP contribution is -2.22. The maximum Gasteiger partial charge on any atom is 0.249 e. The van der Waals surface area contributed by atoms with Gasteiger partial charge in [-0.05, 0) is 42.8 Å². The first-order valence-electron chi connectivity index (χ1n) is 6.66. The molecule has 0 aliphatic heterocycles. The first-order chi connectivity index (χ1) is 10.5. The fourth-order valence-corrected chi connectivity index (χ4v) is 2.23. The number of hydrogen-bond acceptors (Lipinski definition) is 3. The molecule has 22 heavy (non-hydrogen) atoms. The van der Waals surface area contributed by atoms with E-state index in [0.29, 0.717) is 27.5 Å². The zero-order valence-corrected chi connectivity index (χ0v) is 12.8. The van der Waals surface area contributed by atoms with Crippen LogP contribution in [-0.2, 0) is 4.79 Å². The summed E-state index contributed by atoms with van der Waals surface area (Å²) in [6, 6.07) is 12.1. The topological polar surface area (TPSA) is 84.2 Å². The van der Waals surface area contributed by atoms with Crippen molar-refractivity contribution in [2.45, 2.75) is 6.92 Å². The standard InChI is InChI=1S/C16H16ClN3O2/c1-10-13(16(18)22)6-3-7-14(10)19-9-15(21)20-12-5-2-4-11(17)8-12/h2-8,19H,9H2,1H3,(H2,18,22)(H,20,21). The number of benzene rings is 2. The minimum absolute atomic E-state index is 0.0650. The first-order valence-corrected chi connectivity index (χ1v) is 7.04. The fourth-order valence-electron chi connectivity index (χ4n) is 2.04. The normalized spacial score (nSPS) is 10.1. The number of carbonyl (C=O) groups is 2. The Hall–Kier alpha value is -2.53. The zero-order chi connectivity index (χ0) is 16.1. The van der Waals surface area contributed by atoms with Crippen molar-refractivity contribution in [2.24, 2.45) is 5.73 Å². The van der Waals surface area contributed by atoms with Gasteiger partial charge in [0.1, 0.15) is 0 Å². The lowest BCUT2D eigenvalue weighted by molar-refractivity contribution is -0.114. The molecule has 2 aromatic carbocycles. The van der Waals surface area contributed by atoms with Crippen LogP contribution < -0.4 is 16.4 Å². The number of primary amides is 1. The molecule has 0 aliphatic carbocycles. The van der Waals surface area contributed by atoms with Crippen LogP contribution in [0.3, 0.4) is 0 Å². The van der Waals surface area contributed by atoms with E-state index in [-0.39, 0.29) is 12.5 Å². The average Bonchev–Trinajstić information content (AvgIpc) is 2.46. The highest BCUT2D eigenvalue weighted by Crippen LogP contribution is 2.18. The van der Waals surface area contributed by atoms with Gasteiger partial charge in [0, 0.05) is 22.0 Å². The highest BCUT2D eigenvalue weighted by molar-refractivity contribution is 6.30. The van der Waals surface area contributed by atoms with E-state index in [1.807, 2.05) is 0 Å². The van der Waals surface area contributed by atoms with Crippen molar-refractivity contribution in [1.29, 1.82) is 0 Å². The molecule has 5 nitrogen and oxygen atoms in total. The summed E-state index contributed by atoms with van der Waals surface area (Å²) in [5.74, 6) is -0.712. The number of anilines is 2. The van der Waals surface area contributed by atoms with Gasteiger partial charge >= 0.3 is 0 Å². The van der Waals surface area contributed by atoms with Gasteiger partial charge in [-0.1, -0.05) is 23.7 Å². The molecule has 0 fully saturated rings. The first kappa shape index (κ1) is 15.9. The number of nitrogens with one attached hydrogen (secondary N) is 2. The van der Waals surface area contributed by atoms with Crippen molar-refractivity contribution in [1.82, 2.24) is 0 Å². The van der Waals surface area contributed by atoms with Crippen LogP contribution in [0.1, 0.15) is 15.9 Å². The molecule has 0 saturated heterocycles. The number of rotatable bonds is 5. The molecule has 0 atom stereocenters. The van der Waals surface area contributed by atoms with Gasteiger partial charge in [-0.2, -0.15) is 0 Å². The van der Waals surface area contributed by atoms with Gasteiger partial charge in [-0.15, -0.1) is 0 Å². The van der Waals surface area contributed by atoms with Gasteiger partial charge in [0.2, 0.25) is 11.8 Å². The van der Waals surface area contributed by atoms with E-state index in [1.54, 1.807) is 49.4 Å². The molecule has 0 spiro atoms. The third-order valence-electron chi connectivity index (χ3n) is 3.15. The number of halogens is 1. The van der Waals surface area contributed by atoms with Crippen molar-refractivity contribution in [3.8, 4) is 0 Å². The Kier molecular flexibility index (Phi) is 5.01. The van der Waals surface area contributed by atoms with Crippen LogP contribution in [0.25, 0.3) is 0 Å². The molecule has 0 radical (unpaired) electrons. The maximum absolute atomic E-state index is 11.9. The van der Waals surface area contributed by atoms with E-state index in [4.69, 9.17) is 17.3 Å². The summed E-state index contributed by atoms with van der Waals surface area (Å²) in [5, 5.41) is 6.27. The minimum Gasteiger partial charge on any atom is -0.376 e. The van der Waals surface area contributed by atoms with Crippen molar-refractivity contribution in [2.75, 3.05) is 17.2 Å². The van der Waals surface area contributed by atoms with E-state index in [0.717, 1.165) is 0 Å². The Morgan fingerprint density at radius 3 is 2.59 bits per heavy atom. The summed E-state index contributed by atoms with van der Waals surface area (Å²) < 4.78 is 0. The summed E-state index contributed by atoms with van der Waals surface area (Å²) in [6.45, 7) is 1.84. The predicted octanol–water partition coefficient (Wildman–Crippen LogP) is 2.80. The second kappa shape index (κ2) is 6.95. The molecule has 0 saturated carbocycles. The van der Waals surface area contributed by atoms with Crippen molar-refractivity contribution < 1.29 is 9.59 Å². The lowest BCUT2D eigenvalue weighted by atomic mass is 10.1. The molecule has 0 aliphatic rings. The van der Waals surface area contributed by atoms with Crippen LogP contribution in [0, 0.1) is 6.92 Å². The number of carbonyl (C=O) groups excluding carboxylic acids is 2. The van der Waals surface area contributed by atoms with Crippen LogP contribution >= 0.6 is 11.6 Å². The van der Waals surface area contributed by atoms with Crippen LogP contribution in [0.15, 0.2) is 42.5 Å². The van der Waals surface area contributed by atoms with E-state index < -0.39 is 5.91 Å². The quantitative estimate of drug-likeness (QED) is 0.792. The van der Waals surface area contributed by atoms with E-state index >= 15 is 0 Å². The third-order valence-corrected chi connectivity index (χ3v) is 3.38. The number of hydrogen-bond donors (Lipinski definition) is 3. The summed E-state index contributed by atoms with van der Waals surface area (Å²) in [5.41, 5.74) is 7.76. The van der Waals surface area contributed by atoms with Crippen LogP contribution in [-0.4, -0.2) is 18.4 Å². The van der Waals surface area contributed by atoms with Gasteiger partial charge in [0.25, 0.3) is 0 Å². The van der Waals surface area contributed by atoms with Crippen LogP contribution in [0.5, 0.6) is 0 Å². The molecule has 0 unspecified atom stereocenters.